The zero-order chi connectivity index (χ0) is 24.4. The normalized spacial score (nSPS) is 15.3. The van der Waals surface area contributed by atoms with E-state index in [4.69, 9.17) is 13.9 Å². The van der Waals surface area contributed by atoms with E-state index in [1.54, 1.807) is 43.4 Å². The van der Waals surface area contributed by atoms with Gasteiger partial charge in [0.25, 0.3) is 5.91 Å². The first-order chi connectivity index (χ1) is 16.4. The van der Waals surface area contributed by atoms with Gasteiger partial charge < -0.3 is 23.7 Å². The lowest BCUT2D eigenvalue weighted by Crippen LogP contribution is -2.33. The zero-order valence-electron chi connectivity index (χ0n) is 19.9. The van der Waals surface area contributed by atoms with E-state index >= 15 is 0 Å². The lowest BCUT2D eigenvalue weighted by molar-refractivity contribution is 0.0720. The van der Waals surface area contributed by atoms with Gasteiger partial charge in [-0.15, -0.1) is 0 Å². The molecule has 0 fully saturated rings. The molecule has 0 unspecified atom stereocenters. The number of hydrogen-bond donors (Lipinski definition) is 0. The highest BCUT2D eigenvalue weighted by molar-refractivity contribution is 9.10. The number of carbonyl (C=O) groups excluding carboxylic acids is 1. The average molecular weight is 529 g/mol. The van der Waals surface area contributed by atoms with E-state index in [0.717, 1.165) is 36.1 Å². The van der Waals surface area contributed by atoms with Gasteiger partial charge in [0.05, 0.1) is 31.2 Å². The fourth-order valence-electron chi connectivity index (χ4n) is 4.60. The van der Waals surface area contributed by atoms with E-state index in [-0.39, 0.29) is 17.1 Å². The van der Waals surface area contributed by atoms with Gasteiger partial charge in [0.15, 0.2) is 16.9 Å². The van der Waals surface area contributed by atoms with Crippen molar-refractivity contribution in [2.45, 2.75) is 26.3 Å². The van der Waals surface area contributed by atoms with Crippen LogP contribution in [-0.4, -0.2) is 56.1 Å². The second kappa shape index (κ2) is 10.2. The van der Waals surface area contributed by atoms with Crippen molar-refractivity contribution in [1.29, 1.82) is 0 Å². The Bertz CT molecular complexity index is 1270. The summed E-state index contributed by atoms with van der Waals surface area (Å²) in [6.07, 6.45) is 0.782. The highest BCUT2D eigenvalue weighted by Crippen LogP contribution is 2.41. The Morgan fingerprint density at radius 3 is 2.44 bits per heavy atom. The first-order valence-electron chi connectivity index (χ1n) is 11.4. The second-order valence-electron chi connectivity index (χ2n) is 8.21. The standard InChI is InChI=1S/C26H29BrN2O5/c1-5-28(6-2)12-7-13-29-23(16-8-10-20(32-3)21(14-16)33-4)22-24(30)18-15-17(27)9-11-19(18)34-25(22)26(29)31/h8-11,14-15,23H,5-7,12-13H2,1-4H3/t23-/m1/s1. The predicted octanol–water partition coefficient (Wildman–Crippen LogP) is 4.85. The first-order valence-corrected chi connectivity index (χ1v) is 12.2. The number of halogens is 1. The third-order valence-corrected chi connectivity index (χ3v) is 6.91. The summed E-state index contributed by atoms with van der Waals surface area (Å²) in [5.41, 5.74) is 1.34. The Morgan fingerprint density at radius 2 is 1.76 bits per heavy atom. The van der Waals surface area contributed by atoms with Crippen LogP contribution >= 0.6 is 15.9 Å². The van der Waals surface area contributed by atoms with Crippen LogP contribution in [0.1, 0.15) is 48.0 Å². The molecule has 1 amide bonds. The van der Waals surface area contributed by atoms with Crippen molar-refractivity contribution in [3.8, 4) is 11.5 Å². The lowest BCUT2D eigenvalue weighted by atomic mass is 9.98. The van der Waals surface area contributed by atoms with Crippen molar-refractivity contribution in [3.05, 3.63) is 68.0 Å². The van der Waals surface area contributed by atoms with Gasteiger partial charge in [-0.25, -0.2) is 0 Å². The molecule has 0 N–H and O–H groups in total. The van der Waals surface area contributed by atoms with Gasteiger partial charge in [-0.05, 0) is 62.0 Å². The summed E-state index contributed by atoms with van der Waals surface area (Å²) in [6, 6.07) is 10.2. The van der Waals surface area contributed by atoms with Crippen LogP contribution in [0.15, 0.2) is 50.1 Å². The molecule has 0 radical (unpaired) electrons. The Hall–Kier alpha value is -2.84. The summed E-state index contributed by atoms with van der Waals surface area (Å²) in [6.45, 7) is 7.51. The van der Waals surface area contributed by atoms with Gasteiger partial charge >= 0.3 is 0 Å². The molecular formula is C26H29BrN2O5. The van der Waals surface area contributed by atoms with Crippen LogP contribution < -0.4 is 14.9 Å². The molecule has 34 heavy (non-hydrogen) atoms. The maximum Gasteiger partial charge on any atom is 0.290 e. The molecule has 2 heterocycles. The summed E-state index contributed by atoms with van der Waals surface area (Å²) < 4.78 is 17.7. The number of fused-ring (bicyclic) bond motifs is 2. The first kappa shape index (κ1) is 24.3. The van der Waals surface area contributed by atoms with Crippen LogP contribution in [0.2, 0.25) is 0 Å². The van der Waals surface area contributed by atoms with Crippen LogP contribution in [0, 0.1) is 0 Å². The highest BCUT2D eigenvalue weighted by atomic mass is 79.9. The van der Waals surface area contributed by atoms with E-state index in [0.29, 0.717) is 34.6 Å². The van der Waals surface area contributed by atoms with Crippen LogP contribution in [0.5, 0.6) is 11.5 Å². The van der Waals surface area contributed by atoms with Crippen molar-refractivity contribution >= 4 is 32.8 Å². The van der Waals surface area contributed by atoms with Crippen molar-refractivity contribution in [1.82, 2.24) is 9.80 Å². The van der Waals surface area contributed by atoms with Gasteiger partial charge in [0.2, 0.25) is 5.76 Å². The monoisotopic (exact) mass is 528 g/mol. The number of amides is 1. The largest absolute Gasteiger partial charge is 0.493 e. The average Bonchev–Trinajstić information content (AvgIpc) is 3.13. The number of rotatable bonds is 9. The molecule has 2 aromatic carbocycles. The zero-order valence-corrected chi connectivity index (χ0v) is 21.5. The van der Waals surface area contributed by atoms with Crippen molar-refractivity contribution in [2.75, 3.05) is 40.4 Å². The Balaban J connectivity index is 1.84. The number of ether oxygens (including phenoxy) is 2. The maximum absolute atomic E-state index is 13.7. The van der Waals surface area contributed by atoms with Crippen LogP contribution in [0.4, 0.5) is 0 Å². The summed E-state index contributed by atoms with van der Waals surface area (Å²) in [5, 5.41) is 0.441. The number of methoxy groups -OCH3 is 2. The molecule has 8 heteroatoms. The van der Waals surface area contributed by atoms with E-state index in [1.807, 2.05) is 12.1 Å². The molecule has 0 aliphatic carbocycles. The molecule has 1 aliphatic heterocycles. The molecule has 1 aromatic heterocycles. The van der Waals surface area contributed by atoms with Gasteiger partial charge in [-0.1, -0.05) is 35.8 Å². The van der Waals surface area contributed by atoms with Crippen LogP contribution in [0.3, 0.4) is 0 Å². The van der Waals surface area contributed by atoms with Crippen molar-refractivity contribution in [2.24, 2.45) is 0 Å². The summed E-state index contributed by atoms with van der Waals surface area (Å²) >= 11 is 3.43. The third kappa shape index (κ3) is 4.32. The lowest BCUT2D eigenvalue weighted by Gasteiger charge is -2.27. The van der Waals surface area contributed by atoms with Gasteiger partial charge in [0.1, 0.15) is 5.58 Å². The Labute approximate surface area is 207 Å². The quantitative estimate of drug-likeness (QED) is 0.395. The molecule has 4 rings (SSSR count). The van der Waals surface area contributed by atoms with Crippen molar-refractivity contribution in [3.63, 3.8) is 0 Å². The van der Waals surface area contributed by atoms with Crippen molar-refractivity contribution < 1.29 is 18.7 Å². The molecular weight excluding hydrogens is 500 g/mol. The third-order valence-electron chi connectivity index (χ3n) is 6.42. The summed E-state index contributed by atoms with van der Waals surface area (Å²) in [4.78, 5) is 31.3. The Morgan fingerprint density at radius 1 is 1.03 bits per heavy atom. The molecule has 1 atom stereocenters. The fraction of sp³-hybridized carbons (Fsp3) is 0.385. The molecule has 0 saturated carbocycles. The van der Waals surface area contributed by atoms with Gasteiger partial charge in [-0.2, -0.15) is 0 Å². The predicted molar refractivity (Wildman–Crippen MR) is 135 cm³/mol. The topological polar surface area (TPSA) is 72.2 Å². The van der Waals surface area contributed by atoms with E-state index in [1.165, 1.54) is 0 Å². The minimum atomic E-state index is -0.571. The smallest absolute Gasteiger partial charge is 0.290 e. The number of carbonyl (C=O) groups is 1. The molecule has 3 aromatic rings. The highest BCUT2D eigenvalue weighted by Gasteiger charge is 2.42. The summed E-state index contributed by atoms with van der Waals surface area (Å²) in [5.74, 6) is 0.967. The molecule has 0 spiro atoms. The SMILES string of the molecule is CCN(CC)CCCN1C(=O)c2oc3ccc(Br)cc3c(=O)c2[C@H]1c1ccc(OC)c(OC)c1. The number of hydrogen-bond acceptors (Lipinski definition) is 6. The molecule has 7 nitrogen and oxygen atoms in total. The Kier molecular flexibility index (Phi) is 7.28. The van der Waals surface area contributed by atoms with E-state index in [2.05, 4.69) is 34.7 Å². The fourth-order valence-corrected chi connectivity index (χ4v) is 4.96. The van der Waals surface area contributed by atoms with Crippen LogP contribution in [-0.2, 0) is 0 Å². The molecule has 180 valence electrons. The number of nitrogens with zero attached hydrogens (tertiary/aromatic N) is 2. The summed E-state index contributed by atoms with van der Waals surface area (Å²) in [7, 11) is 3.14. The van der Waals surface area contributed by atoms with E-state index < -0.39 is 6.04 Å². The van der Waals surface area contributed by atoms with E-state index in [9.17, 15) is 9.59 Å². The van der Waals surface area contributed by atoms with Crippen LogP contribution in [0.25, 0.3) is 11.0 Å². The maximum atomic E-state index is 13.7. The molecule has 1 aliphatic rings. The minimum Gasteiger partial charge on any atom is -0.493 e. The van der Waals surface area contributed by atoms with Gasteiger partial charge in [0, 0.05) is 11.0 Å². The number of benzene rings is 2. The minimum absolute atomic E-state index is 0.113. The van der Waals surface area contributed by atoms with Gasteiger partial charge in [-0.3, -0.25) is 9.59 Å². The molecule has 0 saturated heterocycles. The second-order valence-corrected chi connectivity index (χ2v) is 9.13. The molecule has 0 bridgehead atoms.